The summed E-state index contributed by atoms with van der Waals surface area (Å²) in [5.74, 6) is -2.89. The van der Waals surface area contributed by atoms with Gasteiger partial charge in [0.25, 0.3) is 0 Å². The van der Waals surface area contributed by atoms with Crippen molar-refractivity contribution in [2.45, 2.75) is 50.8 Å². The van der Waals surface area contributed by atoms with Gasteiger partial charge in [0.2, 0.25) is 11.8 Å². The highest BCUT2D eigenvalue weighted by molar-refractivity contribution is 5.96. The Labute approximate surface area is 200 Å². The van der Waals surface area contributed by atoms with Crippen LogP contribution in [-0.2, 0) is 16.2 Å². The molecule has 0 aromatic heterocycles. The smallest absolute Gasteiger partial charge is 0.406 e. The molecule has 4 atom stereocenters. The Balaban J connectivity index is 2.16. The number of nitrogens with zero attached hydrogens (tertiary/aromatic N) is 1. The van der Waals surface area contributed by atoms with Crippen LogP contribution < -0.4 is 14.8 Å². The molecule has 12 heteroatoms. The quantitative estimate of drug-likeness (QED) is 0.415. The number of benzene rings is 1. The molecular weight excluding hydrogens is 473 g/mol. The summed E-state index contributed by atoms with van der Waals surface area (Å²) in [6.45, 7) is 0.393. The molecule has 1 aromatic rings. The van der Waals surface area contributed by atoms with E-state index in [4.69, 9.17) is 14.6 Å². The van der Waals surface area contributed by atoms with Gasteiger partial charge in [0.05, 0.1) is 32.3 Å². The van der Waals surface area contributed by atoms with E-state index in [1.807, 2.05) is 0 Å². The molecule has 2 aliphatic rings. The first-order valence-corrected chi connectivity index (χ1v) is 11.1. The normalized spacial score (nSPS) is 23.2. The Morgan fingerprint density at radius 3 is 2.49 bits per heavy atom. The fourth-order valence-corrected chi connectivity index (χ4v) is 4.47. The molecular formula is C23H29F3N2O7. The summed E-state index contributed by atoms with van der Waals surface area (Å²) < 4.78 is 51.5. The van der Waals surface area contributed by atoms with Crippen molar-refractivity contribution >= 4 is 11.8 Å². The van der Waals surface area contributed by atoms with E-state index in [0.717, 1.165) is 6.08 Å². The zero-order valence-corrected chi connectivity index (χ0v) is 19.5. The first-order chi connectivity index (χ1) is 16.4. The number of amides is 2. The lowest BCUT2D eigenvalue weighted by Crippen LogP contribution is -2.58. The van der Waals surface area contributed by atoms with E-state index >= 15 is 0 Å². The number of carbonyl (C=O) groups is 2. The molecule has 0 bridgehead atoms. The number of hydrogen-bond donors (Lipinski definition) is 4. The van der Waals surface area contributed by atoms with Crippen molar-refractivity contribution in [2.24, 2.45) is 5.92 Å². The molecule has 194 valence electrons. The molecule has 1 heterocycles. The second kappa shape index (κ2) is 10.4. The maximum atomic E-state index is 13.4. The topological polar surface area (TPSA) is 129 Å². The Kier molecular flexibility index (Phi) is 7.97. The van der Waals surface area contributed by atoms with Crippen LogP contribution in [0.3, 0.4) is 0 Å². The SMILES string of the molecule is COc1cc(CO)cc2c1OC1C2C(C(=O)NCCO)=CC(N(CC(F)(F)F)C(=O)C(C)C)C1O. The van der Waals surface area contributed by atoms with Crippen molar-refractivity contribution in [3.05, 3.63) is 34.9 Å². The minimum absolute atomic E-state index is 0.0293. The number of nitrogens with one attached hydrogen (secondary N) is 1. The first kappa shape index (κ1) is 26.8. The summed E-state index contributed by atoms with van der Waals surface area (Å²) in [7, 11) is 1.36. The maximum absolute atomic E-state index is 13.4. The third-order valence-electron chi connectivity index (χ3n) is 5.98. The van der Waals surface area contributed by atoms with Gasteiger partial charge < -0.3 is 35.0 Å². The van der Waals surface area contributed by atoms with Gasteiger partial charge in [-0.25, -0.2) is 0 Å². The number of fused-ring (bicyclic) bond motifs is 3. The lowest BCUT2D eigenvalue weighted by molar-refractivity contribution is -0.172. The Morgan fingerprint density at radius 2 is 1.94 bits per heavy atom. The van der Waals surface area contributed by atoms with E-state index in [9.17, 15) is 33.0 Å². The Hall–Kier alpha value is -2.83. The van der Waals surface area contributed by atoms with Gasteiger partial charge in [-0.3, -0.25) is 9.59 Å². The van der Waals surface area contributed by atoms with Crippen LogP contribution in [0.4, 0.5) is 13.2 Å². The summed E-state index contributed by atoms with van der Waals surface area (Å²) >= 11 is 0. The van der Waals surface area contributed by atoms with Crippen LogP contribution in [0.1, 0.15) is 30.9 Å². The van der Waals surface area contributed by atoms with Gasteiger partial charge in [0, 0.05) is 23.6 Å². The molecule has 1 aromatic carbocycles. The molecule has 35 heavy (non-hydrogen) atoms. The Morgan fingerprint density at radius 1 is 1.26 bits per heavy atom. The average molecular weight is 502 g/mol. The molecule has 0 spiro atoms. The second-order valence-electron chi connectivity index (χ2n) is 8.75. The van der Waals surface area contributed by atoms with Crippen LogP contribution >= 0.6 is 0 Å². The lowest BCUT2D eigenvalue weighted by Gasteiger charge is -2.41. The molecule has 0 fully saturated rings. The molecule has 3 rings (SSSR count). The molecule has 0 saturated carbocycles. The van der Waals surface area contributed by atoms with Crippen molar-refractivity contribution in [1.29, 1.82) is 0 Å². The fraction of sp³-hybridized carbons (Fsp3) is 0.565. The van der Waals surface area contributed by atoms with E-state index in [0.29, 0.717) is 16.0 Å². The van der Waals surface area contributed by atoms with Gasteiger partial charge in [0.15, 0.2) is 11.5 Å². The van der Waals surface area contributed by atoms with E-state index in [1.54, 1.807) is 6.07 Å². The largest absolute Gasteiger partial charge is 0.493 e. The molecule has 1 aliphatic heterocycles. The maximum Gasteiger partial charge on any atom is 0.406 e. The summed E-state index contributed by atoms with van der Waals surface area (Å²) in [5.41, 5.74) is 0.808. The van der Waals surface area contributed by atoms with Crippen molar-refractivity contribution in [1.82, 2.24) is 10.2 Å². The minimum Gasteiger partial charge on any atom is -0.493 e. The highest BCUT2D eigenvalue weighted by atomic mass is 19.4. The van der Waals surface area contributed by atoms with Crippen LogP contribution in [0.2, 0.25) is 0 Å². The number of alkyl halides is 3. The van der Waals surface area contributed by atoms with E-state index in [1.165, 1.54) is 27.0 Å². The number of carbonyl (C=O) groups excluding carboxylic acids is 2. The molecule has 0 saturated heterocycles. The van der Waals surface area contributed by atoms with E-state index in [-0.39, 0.29) is 36.8 Å². The molecule has 4 unspecified atom stereocenters. The monoisotopic (exact) mass is 502 g/mol. The standard InChI is InChI=1S/C23H29F3N2O7/c1-11(2)22(33)28(10-23(24,25)26)15-8-14(21(32)27-4-5-29)17-13-6-12(9-30)7-16(34-3)19(13)35-20(17)18(15)31/h6-8,11,15,17-18,20,29-31H,4-5,9-10H2,1-3H3,(H,27,32). The highest BCUT2D eigenvalue weighted by Gasteiger charge is 2.52. The molecule has 9 nitrogen and oxygen atoms in total. The number of halogens is 3. The molecule has 0 radical (unpaired) electrons. The average Bonchev–Trinajstić information content (AvgIpc) is 3.19. The van der Waals surface area contributed by atoms with Gasteiger partial charge >= 0.3 is 6.18 Å². The summed E-state index contributed by atoms with van der Waals surface area (Å²) in [6.07, 6.45) is -6.43. The molecule has 2 amide bonds. The summed E-state index contributed by atoms with van der Waals surface area (Å²) in [4.78, 5) is 26.3. The van der Waals surface area contributed by atoms with E-state index in [2.05, 4.69) is 5.32 Å². The van der Waals surface area contributed by atoms with Crippen molar-refractivity contribution < 1.29 is 47.6 Å². The van der Waals surface area contributed by atoms with Crippen molar-refractivity contribution in [2.75, 3.05) is 26.8 Å². The number of aliphatic hydroxyl groups is 3. The molecule has 4 N–H and O–H groups in total. The van der Waals surface area contributed by atoms with Gasteiger partial charge in [-0.15, -0.1) is 0 Å². The van der Waals surface area contributed by atoms with Gasteiger partial charge in [-0.2, -0.15) is 13.2 Å². The number of rotatable bonds is 8. The van der Waals surface area contributed by atoms with Crippen LogP contribution in [0.25, 0.3) is 0 Å². The highest BCUT2D eigenvalue weighted by Crippen LogP contribution is 2.51. The summed E-state index contributed by atoms with van der Waals surface area (Å²) in [5, 5.41) is 32.4. The fourth-order valence-electron chi connectivity index (χ4n) is 4.47. The van der Waals surface area contributed by atoms with Crippen LogP contribution in [0.5, 0.6) is 11.5 Å². The van der Waals surface area contributed by atoms with E-state index < -0.39 is 54.6 Å². The van der Waals surface area contributed by atoms with Gasteiger partial charge in [0.1, 0.15) is 18.8 Å². The van der Waals surface area contributed by atoms with Crippen molar-refractivity contribution in [3.63, 3.8) is 0 Å². The predicted octanol–water partition coefficient (Wildman–Crippen LogP) is 0.857. The number of ether oxygens (including phenoxy) is 2. The minimum atomic E-state index is -4.76. The van der Waals surface area contributed by atoms with Crippen LogP contribution in [0.15, 0.2) is 23.8 Å². The van der Waals surface area contributed by atoms with Gasteiger partial charge in [-0.05, 0) is 23.8 Å². The lowest BCUT2D eigenvalue weighted by atomic mass is 9.77. The Bertz CT molecular complexity index is 996. The first-order valence-electron chi connectivity index (χ1n) is 11.1. The number of hydrogen-bond acceptors (Lipinski definition) is 7. The van der Waals surface area contributed by atoms with Crippen LogP contribution in [-0.4, -0.2) is 83.3 Å². The zero-order chi connectivity index (χ0) is 26.1. The number of aliphatic hydroxyl groups excluding tert-OH is 3. The van der Waals surface area contributed by atoms with Gasteiger partial charge in [-0.1, -0.05) is 13.8 Å². The number of methoxy groups -OCH3 is 1. The third-order valence-corrected chi connectivity index (χ3v) is 5.98. The third kappa shape index (κ3) is 5.39. The van der Waals surface area contributed by atoms with Crippen molar-refractivity contribution in [3.8, 4) is 11.5 Å². The van der Waals surface area contributed by atoms with Crippen LogP contribution in [0, 0.1) is 5.92 Å². The molecule has 1 aliphatic carbocycles. The second-order valence-corrected chi connectivity index (χ2v) is 8.75. The summed E-state index contributed by atoms with van der Waals surface area (Å²) in [6, 6.07) is 1.56. The zero-order valence-electron chi connectivity index (χ0n) is 19.5. The predicted molar refractivity (Wildman–Crippen MR) is 117 cm³/mol.